The number of carbonyl (C=O) groups excluding carboxylic acids is 1. The Balaban J connectivity index is 2.33. The first-order valence-corrected chi connectivity index (χ1v) is 8.08. The second-order valence-electron chi connectivity index (χ2n) is 7.01. The number of benzene rings is 1. The number of phenolic OH excluding ortho intramolecular Hbond substituents is 1. The number of piperidine rings is 1. The molecule has 1 aromatic rings. The van der Waals surface area contributed by atoms with Crippen LogP contribution in [0.1, 0.15) is 30.9 Å². The van der Waals surface area contributed by atoms with Gasteiger partial charge in [0.2, 0.25) is 0 Å². The molecule has 24 heavy (non-hydrogen) atoms. The number of aliphatic hydroxyl groups is 1. The van der Waals surface area contributed by atoms with E-state index in [9.17, 15) is 19.9 Å². The maximum Gasteiger partial charge on any atom is 0.156 e. The monoisotopic (exact) mass is 330 g/mol. The third kappa shape index (κ3) is 2.06. The predicted octanol–water partition coefficient (Wildman–Crippen LogP) is 2.32. The lowest BCUT2D eigenvalue weighted by Gasteiger charge is -2.57. The van der Waals surface area contributed by atoms with Crippen molar-refractivity contribution in [3.8, 4) is 5.75 Å². The molecule has 0 amide bonds. The molecule has 1 aliphatic heterocycles. The maximum absolute atomic E-state index is 12.2. The molecular weight excluding hydrogens is 308 g/mol. The number of likely N-dealkylation sites (N-methyl/N-ethyl adjacent to an activating group) is 1. The van der Waals surface area contributed by atoms with Crippen molar-refractivity contribution in [2.24, 2.45) is 5.18 Å². The molecule has 1 heterocycles. The van der Waals surface area contributed by atoms with Crippen LogP contribution >= 0.6 is 0 Å². The van der Waals surface area contributed by atoms with Gasteiger partial charge < -0.3 is 15.1 Å². The van der Waals surface area contributed by atoms with Crippen molar-refractivity contribution in [1.29, 1.82) is 0 Å². The molecule has 2 N–H and O–H groups in total. The van der Waals surface area contributed by atoms with Gasteiger partial charge in [-0.25, -0.2) is 0 Å². The third-order valence-corrected chi connectivity index (χ3v) is 5.90. The Morgan fingerprint density at radius 1 is 1.38 bits per heavy atom. The smallest absolute Gasteiger partial charge is 0.156 e. The zero-order valence-corrected chi connectivity index (χ0v) is 14.1. The van der Waals surface area contributed by atoms with E-state index in [1.807, 2.05) is 25.8 Å². The molecule has 2 aliphatic rings. The second-order valence-corrected chi connectivity index (χ2v) is 7.01. The minimum atomic E-state index is -1.32. The predicted molar refractivity (Wildman–Crippen MR) is 90.4 cm³/mol. The van der Waals surface area contributed by atoms with E-state index >= 15 is 0 Å². The number of fused-ring (bicyclic) bond motifs is 1. The van der Waals surface area contributed by atoms with Gasteiger partial charge in [-0.2, -0.15) is 0 Å². The molecule has 0 spiro atoms. The Morgan fingerprint density at radius 2 is 2.08 bits per heavy atom. The molecule has 3 unspecified atom stereocenters. The number of carbonyl (C=O) groups is 1. The van der Waals surface area contributed by atoms with Gasteiger partial charge in [-0.1, -0.05) is 6.07 Å². The standard InChI is InChI=1S/C18H22N2O4/c1-11-4-5-14(19-24)16(22)15(11)17-8-9-20(3)12(2)18(17,23)7-6-13(21)10-17/h4-7,12,22-23H,8-10H2,1-3H3. The largest absolute Gasteiger partial charge is 0.505 e. The van der Waals surface area contributed by atoms with E-state index in [2.05, 4.69) is 5.18 Å². The molecule has 1 fully saturated rings. The number of allylic oxidation sites excluding steroid dienone is 1. The van der Waals surface area contributed by atoms with E-state index in [4.69, 9.17) is 0 Å². The van der Waals surface area contributed by atoms with Crippen LogP contribution in [0.4, 0.5) is 5.69 Å². The van der Waals surface area contributed by atoms with Crippen LogP contribution in [-0.2, 0) is 10.2 Å². The number of rotatable bonds is 2. The highest BCUT2D eigenvalue weighted by Crippen LogP contribution is 2.55. The average Bonchev–Trinajstić information content (AvgIpc) is 2.54. The molecule has 0 aromatic heterocycles. The quantitative estimate of drug-likeness (QED) is 0.812. The lowest BCUT2D eigenvalue weighted by molar-refractivity contribution is -0.130. The van der Waals surface area contributed by atoms with Gasteiger partial charge in [0, 0.05) is 23.4 Å². The molecule has 3 atom stereocenters. The summed E-state index contributed by atoms with van der Waals surface area (Å²) in [5.41, 5.74) is -1.17. The van der Waals surface area contributed by atoms with Crippen LogP contribution < -0.4 is 0 Å². The van der Waals surface area contributed by atoms with Crippen LogP contribution in [0.15, 0.2) is 29.5 Å². The lowest BCUT2D eigenvalue weighted by atomic mass is 9.55. The van der Waals surface area contributed by atoms with Gasteiger partial charge in [0.1, 0.15) is 17.0 Å². The average molecular weight is 330 g/mol. The topological polar surface area (TPSA) is 90.2 Å². The maximum atomic E-state index is 12.2. The molecule has 1 saturated heterocycles. The molecule has 3 rings (SSSR count). The van der Waals surface area contributed by atoms with Gasteiger partial charge in [0.25, 0.3) is 0 Å². The van der Waals surface area contributed by atoms with Crippen molar-refractivity contribution in [3.05, 3.63) is 40.3 Å². The summed E-state index contributed by atoms with van der Waals surface area (Å²) in [6.45, 7) is 4.38. The number of ketones is 1. The number of aryl methyl sites for hydroxylation is 1. The van der Waals surface area contributed by atoms with Crippen molar-refractivity contribution in [2.75, 3.05) is 13.6 Å². The number of nitroso groups, excluding NO2 is 1. The minimum absolute atomic E-state index is 0.0686. The van der Waals surface area contributed by atoms with Gasteiger partial charge >= 0.3 is 0 Å². The molecule has 0 saturated carbocycles. The van der Waals surface area contributed by atoms with Crippen LogP contribution in [0.25, 0.3) is 0 Å². The van der Waals surface area contributed by atoms with Crippen LogP contribution in [0.2, 0.25) is 0 Å². The number of nitrogens with zero attached hydrogens (tertiary/aromatic N) is 2. The number of phenols is 1. The Kier molecular flexibility index (Phi) is 3.85. The summed E-state index contributed by atoms with van der Waals surface area (Å²) in [5.74, 6) is -0.331. The Morgan fingerprint density at radius 3 is 2.75 bits per heavy atom. The molecule has 0 bridgehead atoms. The van der Waals surface area contributed by atoms with E-state index in [0.717, 1.165) is 5.56 Å². The third-order valence-electron chi connectivity index (χ3n) is 5.90. The van der Waals surface area contributed by atoms with Crippen LogP contribution in [0.5, 0.6) is 5.75 Å². The van der Waals surface area contributed by atoms with Crippen molar-refractivity contribution in [3.63, 3.8) is 0 Å². The highest BCUT2D eigenvalue weighted by Gasteiger charge is 2.60. The number of hydrogen-bond acceptors (Lipinski definition) is 6. The van der Waals surface area contributed by atoms with Gasteiger partial charge in [0.05, 0.1) is 0 Å². The minimum Gasteiger partial charge on any atom is -0.505 e. The Bertz CT molecular complexity index is 745. The number of hydrogen-bond donors (Lipinski definition) is 2. The zero-order valence-electron chi connectivity index (χ0n) is 14.1. The SMILES string of the molecule is Cc1ccc(N=O)c(O)c1C12CCN(C)C(C)C1(O)C=CC(=O)C2. The van der Waals surface area contributed by atoms with Crippen LogP contribution in [0, 0.1) is 11.8 Å². The van der Waals surface area contributed by atoms with E-state index in [-0.39, 0.29) is 29.7 Å². The first-order chi connectivity index (χ1) is 11.3. The van der Waals surface area contributed by atoms with E-state index in [0.29, 0.717) is 18.5 Å². The summed E-state index contributed by atoms with van der Waals surface area (Å²) in [4.78, 5) is 25.3. The molecule has 6 nitrogen and oxygen atoms in total. The van der Waals surface area contributed by atoms with Crippen LogP contribution in [0.3, 0.4) is 0 Å². The summed E-state index contributed by atoms with van der Waals surface area (Å²) >= 11 is 0. The summed E-state index contributed by atoms with van der Waals surface area (Å²) in [6, 6.07) is 2.91. The number of likely N-dealkylation sites (tertiary alicyclic amines) is 1. The summed E-state index contributed by atoms with van der Waals surface area (Å²) in [7, 11) is 1.92. The first-order valence-electron chi connectivity index (χ1n) is 8.08. The van der Waals surface area contributed by atoms with Crippen molar-refractivity contribution in [2.45, 2.75) is 43.7 Å². The second kappa shape index (κ2) is 5.50. The summed E-state index contributed by atoms with van der Waals surface area (Å²) in [6.07, 6.45) is 3.56. The summed E-state index contributed by atoms with van der Waals surface area (Å²) < 4.78 is 0. The van der Waals surface area contributed by atoms with E-state index in [1.165, 1.54) is 12.1 Å². The number of aromatic hydroxyl groups is 1. The van der Waals surface area contributed by atoms with Gasteiger partial charge in [-0.05, 0) is 62.8 Å². The first kappa shape index (κ1) is 16.8. The van der Waals surface area contributed by atoms with Crippen LogP contribution in [-0.4, -0.2) is 46.1 Å². The Labute approximate surface area is 140 Å². The molecule has 1 aliphatic carbocycles. The fourth-order valence-electron chi connectivity index (χ4n) is 4.37. The summed E-state index contributed by atoms with van der Waals surface area (Å²) in [5, 5.41) is 25.1. The van der Waals surface area contributed by atoms with Crippen molar-refractivity contribution >= 4 is 11.5 Å². The zero-order chi connectivity index (χ0) is 17.7. The molecule has 128 valence electrons. The highest BCUT2D eigenvalue weighted by atomic mass is 16.3. The molecule has 0 radical (unpaired) electrons. The fraction of sp³-hybridized carbons (Fsp3) is 0.500. The van der Waals surface area contributed by atoms with Crippen molar-refractivity contribution < 1.29 is 15.0 Å². The van der Waals surface area contributed by atoms with Gasteiger partial charge in [-0.3, -0.25) is 4.79 Å². The fourth-order valence-corrected chi connectivity index (χ4v) is 4.37. The highest BCUT2D eigenvalue weighted by molar-refractivity contribution is 5.93. The molecule has 1 aromatic carbocycles. The Hall–Kier alpha value is -2.05. The molecule has 6 heteroatoms. The lowest BCUT2D eigenvalue weighted by Crippen LogP contribution is -2.67. The van der Waals surface area contributed by atoms with Crippen molar-refractivity contribution in [1.82, 2.24) is 4.90 Å². The van der Waals surface area contributed by atoms with Gasteiger partial charge in [0.15, 0.2) is 5.78 Å². The van der Waals surface area contributed by atoms with Gasteiger partial charge in [-0.15, -0.1) is 4.91 Å². The normalized spacial score (nSPS) is 33.3. The van der Waals surface area contributed by atoms with E-state index < -0.39 is 11.0 Å². The van der Waals surface area contributed by atoms with E-state index in [1.54, 1.807) is 12.1 Å². The molecular formula is C18H22N2O4.